The van der Waals surface area contributed by atoms with Crippen molar-refractivity contribution in [2.75, 3.05) is 5.32 Å². The van der Waals surface area contributed by atoms with E-state index in [1.54, 1.807) is 24.3 Å². The molecule has 1 N–H and O–H groups in total. The highest BCUT2D eigenvalue weighted by Gasteiger charge is 2.28. The number of oxazole rings is 1. The molecule has 140 valence electrons. The van der Waals surface area contributed by atoms with Crippen molar-refractivity contribution in [1.82, 2.24) is 4.98 Å². The molecular weight excluding hydrogens is 372 g/mol. The van der Waals surface area contributed by atoms with Crippen LogP contribution in [-0.4, -0.2) is 13.4 Å². The van der Waals surface area contributed by atoms with Crippen LogP contribution in [0, 0.1) is 6.92 Å². The van der Waals surface area contributed by atoms with Crippen LogP contribution in [0.4, 0.5) is 11.6 Å². The third kappa shape index (κ3) is 3.54. The van der Waals surface area contributed by atoms with Crippen LogP contribution in [0.25, 0.3) is 11.5 Å². The van der Waals surface area contributed by atoms with Gasteiger partial charge in [0.1, 0.15) is 0 Å². The summed E-state index contributed by atoms with van der Waals surface area (Å²) in [5.41, 5.74) is 2.38. The zero-order valence-corrected chi connectivity index (χ0v) is 16.0. The molecule has 0 saturated carbocycles. The van der Waals surface area contributed by atoms with Crippen LogP contribution >= 0.6 is 0 Å². The lowest BCUT2D eigenvalue weighted by molar-refractivity contribution is 0.582. The van der Waals surface area contributed by atoms with Crippen molar-refractivity contribution in [3.05, 3.63) is 90.5 Å². The van der Waals surface area contributed by atoms with Gasteiger partial charge in [0.15, 0.2) is 0 Å². The first kappa shape index (κ1) is 18.0. The van der Waals surface area contributed by atoms with Crippen molar-refractivity contribution in [3.8, 4) is 11.5 Å². The molecule has 28 heavy (non-hydrogen) atoms. The van der Waals surface area contributed by atoms with Crippen LogP contribution in [0.1, 0.15) is 5.56 Å². The molecule has 4 rings (SSSR count). The first-order valence-electron chi connectivity index (χ1n) is 8.74. The Balaban J connectivity index is 1.84. The van der Waals surface area contributed by atoms with Gasteiger partial charge in [-0.3, -0.25) is 0 Å². The van der Waals surface area contributed by atoms with Crippen LogP contribution in [-0.2, 0) is 9.84 Å². The second kappa shape index (κ2) is 7.32. The lowest BCUT2D eigenvalue weighted by atomic mass is 10.2. The molecule has 1 heterocycles. The maximum atomic E-state index is 13.2. The molecular formula is C22H18N2O3S. The lowest BCUT2D eigenvalue weighted by Gasteiger charge is -2.06. The smallest absolute Gasteiger partial charge is 0.238 e. The summed E-state index contributed by atoms with van der Waals surface area (Å²) in [6, 6.07) is 25.1. The molecule has 0 atom stereocenters. The number of benzene rings is 3. The fraction of sp³-hybridized carbons (Fsp3) is 0.0455. The molecule has 0 fully saturated rings. The molecule has 6 heteroatoms. The number of sulfone groups is 1. The molecule has 5 nitrogen and oxygen atoms in total. The van der Waals surface area contributed by atoms with Gasteiger partial charge in [-0.2, -0.15) is 4.98 Å². The summed E-state index contributed by atoms with van der Waals surface area (Å²) in [5, 5.41) is 2.90. The minimum absolute atomic E-state index is 0.0885. The molecule has 0 spiro atoms. The van der Waals surface area contributed by atoms with E-state index in [0.717, 1.165) is 5.56 Å². The molecule has 4 aromatic rings. The van der Waals surface area contributed by atoms with E-state index in [9.17, 15) is 8.42 Å². The topological polar surface area (TPSA) is 72.2 Å². The minimum Gasteiger partial charge on any atom is -0.419 e. The molecule has 0 aliphatic heterocycles. The zero-order chi connectivity index (χ0) is 19.6. The van der Waals surface area contributed by atoms with Crippen molar-refractivity contribution in [1.29, 1.82) is 0 Å². The van der Waals surface area contributed by atoms with Crippen molar-refractivity contribution in [2.24, 2.45) is 0 Å². The van der Waals surface area contributed by atoms with E-state index < -0.39 is 9.84 Å². The molecule has 0 saturated heterocycles. The number of hydrogen-bond donors (Lipinski definition) is 1. The number of aryl methyl sites for hydroxylation is 1. The molecule has 1 aromatic heterocycles. The van der Waals surface area contributed by atoms with Gasteiger partial charge in [0.05, 0.1) is 4.90 Å². The van der Waals surface area contributed by atoms with Gasteiger partial charge in [-0.05, 0) is 43.3 Å². The summed E-state index contributed by atoms with van der Waals surface area (Å²) in [6.45, 7) is 1.91. The number of nitrogens with zero attached hydrogens (tertiary/aromatic N) is 1. The normalized spacial score (nSPS) is 11.3. The Kier molecular flexibility index (Phi) is 4.71. The average Bonchev–Trinajstić information content (AvgIpc) is 3.14. The Morgan fingerprint density at radius 3 is 2.07 bits per heavy atom. The van der Waals surface area contributed by atoms with E-state index in [0.29, 0.717) is 11.3 Å². The van der Waals surface area contributed by atoms with Gasteiger partial charge >= 0.3 is 0 Å². The molecule has 0 bridgehead atoms. The van der Waals surface area contributed by atoms with Crippen molar-refractivity contribution >= 4 is 21.4 Å². The summed E-state index contributed by atoms with van der Waals surface area (Å²) in [5.74, 6) is 0.329. The van der Waals surface area contributed by atoms with Crippen molar-refractivity contribution in [3.63, 3.8) is 0 Å². The average molecular weight is 390 g/mol. The van der Waals surface area contributed by atoms with Crippen LogP contribution in [0.3, 0.4) is 0 Å². The first-order chi connectivity index (χ1) is 13.5. The molecule has 0 radical (unpaired) electrons. The van der Waals surface area contributed by atoms with E-state index >= 15 is 0 Å². The molecule has 3 aromatic carbocycles. The fourth-order valence-corrected chi connectivity index (χ4v) is 4.01. The van der Waals surface area contributed by atoms with Crippen LogP contribution < -0.4 is 5.32 Å². The Bertz CT molecular complexity index is 1180. The van der Waals surface area contributed by atoms with Gasteiger partial charge in [-0.1, -0.05) is 54.1 Å². The van der Waals surface area contributed by atoms with E-state index in [1.165, 1.54) is 0 Å². The van der Waals surface area contributed by atoms with Crippen molar-refractivity contribution in [2.45, 2.75) is 16.8 Å². The maximum Gasteiger partial charge on any atom is 0.238 e. The second-order valence-corrected chi connectivity index (χ2v) is 8.19. The Hall–Kier alpha value is -3.38. The van der Waals surface area contributed by atoms with Crippen LogP contribution in [0.5, 0.6) is 0 Å². The Morgan fingerprint density at radius 2 is 1.43 bits per heavy atom. The highest BCUT2D eigenvalue weighted by atomic mass is 32.2. The number of nitrogens with one attached hydrogen (secondary N) is 1. The highest BCUT2D eigenvalue weighted by Crippen LogP contribution is 2.34. The second-order valence-electron chi connectivity index (χ2n) is 6.33. The first-order valence-corrected chi connectivity index (χ1v) is 10.2. The summed E-state index contributed by atoms with van der Waals surface area (Å²) in [7, 11) is -3.86. The van der Waals surface area contributed by atoms with Gasteiger partial charge in [0.2, 0.25) is 26.6 Å². The summed E-state index contributed by atoms with van der Waals surface area (Å²) in [6.07, 6.45) is 0. The van der Waals surface area contributed by atoms with Gasteiger partial charge in [-0.25, -0.2) is 8.42 Å². The van der Waals surface area contributed by atoms with Gasteiger partial charge in [-0.15, -0.1) is 0 Å². The summed E-state index contributed by atoms with van der Waals surface area (Å²) in [4.78, 5) is 4.50. The van der Waals surface area contributed by atoms with Crippen molar-refractivity contribution < 1.29 is 12.8 Å². The van der Waals surface area contributed by atoms with E-state index in [4.69, 9.17) is 4.42 Å². The SMILES string of the molecule is Cc1ccc(S(=O)(=O)c2nc(-c3ccccc3)oc2Nc2ccccc2)cc1. The van der Waals surface area contributed by atoms with E-state index in [2.05, 4.69) is 10.3 Å². The predicted molar refractivity (Wildman–Crippen MR) is 108 cm³/mol. The molecule has 0 amide bonds. The van der Waals surface area contributed by atoms with Crippen LogP contribution in [0.15, 0.2) is 99.3 Å². The Morgan fingerprint density at radius 1 is 0.821 bits per heavy atom. The molecule has 0 aliphatic carbocycles. The van der Waals surface area contributed by atoms with Crippen LogP contribution in [0.2, 0.25) is 0 Å². The summed E-state index contributed by atoms with van der Waals surface area (Å²) < 4.78 is 32.3. The third-order valence-corrected chi connectivity index (χ3v) is 5.91. The third-order valence-electron chi connectivity index (χ3n) is 4.23. The fourth-order valence-electron chi connectivity index (χ4n) is 2.75. The molecule has 0 unspecified atom stereocenters. The monoisotopic (exact) mass is 390 g/mol. The Labute approximate surface area is 163 Å². The highest BCUT2D eigenvalue weighted by molar-refractivity contribution is 7.91. The quantitative estimate of drug-likeness (QED) is 0.505. The summed E-state index contributed by atoms with van der Waals surface area (Å²) >= 11 is 0. The minimum atomic E-state index is -3.86. The largest absolute Gasteiger partial charge is 0.419 e. The number of hydrogen-bond acceptors (Lipinski definition) is 5. The van der Waals surface area contributed by atoms with E-state index in [-0.39, 0.29) is 21.7 Å². The zero-order valence-electron chi connectivity index (χ0n) is 15.2. The van der Waals surface area contributed by atoms with Gasteiger partial charge < -0.3 is 9.73 Å². The van der Waals surface area contributed by atoms with E-state index in [1.807, 2.05) is 67.6 Å². The standard InChI is InChI=1S/C22H18N2O3S/c1-16-12-14-19(15-13-16)28(25,26)22-21(23-18-10-6-3-7-11-18)27-20(24-22)17-8-4-2-5-9-17/h2-15,23H,1H3. The van der Waals surface area contributed by atoms with Gasteiger partial charge in [0, 0.05) is 11.3 Å². The number of rotatable bonds is 5. The number of para-hydroxylation sites is 1. The van der Waals surface area contributed by atoms with Gasteiger partial charge in [0.25, 0.3) is 0 Å². The molecule has 0 aliphatic rings. The predicted octanol–water partition coefficient (Wildman–Crippen LogP) is 5.23. The number of anilines is 2. The number of aromatic nitrogens is 1. The lowest BCUT2D eigenvalue weighted by Crippen LogP contribution is -2.05. The maximum absolute atomic E-state index is 13.2.